The van der Waals surface area contributed by atoms with Crippen LogP contribution in [0.2, 0.25) is 0 Å². The zero-order chi connectivity index (χ0) is 14.0. The standard InChI is InChI=1S/C13H15FN2O2S/c1-8-12(18)16(7-11(17)15-2)13(19-8)9-5-3-4-6-10(9)14/h3-6,8,13H,7H2,1-2H3,(H,15,17)/t8-,13+/m0/s1. The Morgan fingerprint density at radius 2 is 2.16 bits per heavy atom. The van der Waals surface area contributed by atoms with Gasteiger partial charge in [0.25, 0.3) is 0 Å². The Bertz CT molecular complexity index is 509. The summed E-state index contributed by atoms with van der Waals surface area (Å²) in [6.07, 6.45) is 0. The number of halogens is 1. The molecule has 1 N–H and O–H groups in total. The Balaban J connectivity index is 2.30. The molecule has 0 radical (unpaired) electrons. The number of benzene rings is 1. The average Bonchev–Trinajstić information content (AvgIpc) is 2.67. The van der Waals surface area contributed by atoms with Gasteiger partial charge in [0.05, 0.1) is 5.25 Å². The Kier molecular flexibility index (Phi) is 4.09. The van der Waals surface area contributed by atoms with E-state index in [2.05, 4.69) is 5.32 Å². The molecule has 1 aromatic carbocycles. The molecular weight excluding hydrogens is 267 g/mol. The molecule has 1 aromatic rings. The molecule has 1 heterocycles. The first kappa shape index (κ1) is 13.9. The second-order valence-electron chi connectivity index (χ2n) is 4.29. The number of thioether (sulfide) groups is 1. The smallest absolute Gasteiger partial charge is 0.239 e. The molecule has 6 heteroatoms. The van der Waals surface area contributed by atoms with E-state index < -0.39 is 5.37 Å². The van der Waals surface area contributed by atoms with Crippen LogP contribution in [0.3, 0.4) is 0 Å². The monoisotopic (exact) mass is 282 g/mol. The summed E-state index contributed by atoms with van der Waals surface area (Å²) in [5.74, 6) is -0.755. The maximum atomic E-state index is 13.8. The molecule has 0 aliphatic carbocycles. The quantitative estimate of drug-likeness (QED) is 0.915. The van der Waals surface area contributed by atoms with Gasteiger partial charge in [0.1, 0.15) is 17.7 Å². The molecule has 2 rings (SSSR count). The van der Waals surface area contributed by atoms with Gasteiger partial charge in [0.2, 0.25) is 11.8 Å². The van der Waals surface area contributed by atoms with Crippen LogP contribution < -0.4 is 5.32 Å². The van der Waals surface area contributed by atoms with Crippen LogP contribution in [-0.4, -0.2) is 35.6 Å². The highest BCUT2D eigenvalue weighted by Crippen LogP contribution is 2.43. The first-order valence-corrected chi connectivity index (χ1v) is 6.90. The number of nitrogens with zero attached hydrogens (tertiary/aromatic N) is 1. The van der Waals surface area contributed by atoms with E-state index in [1.807, 2.05) is 0 Å². The normalized spacial score (nSPS) is 22.7. The van der Waals surface area contributed by atoms with E-state index in [1.54, 1.807) is 25.1 Å². The van der Waals surface area contributed by atoms with E-state index >= 15 is 0 Å². The molecule has 0 unspecified atom stereocenters. The third kappa shape index (κ3) is 2.73. The first-order valence-electron chi connectivity index (χ1n) is 5.95. The number of carbonyl (C=O) groups is 2. The summed E-state index contributed by atoms with van der Waals surface area (Å²) >= 11 is 1.36. The van der Waals surface area contributed by atoms with Crippen LogP contribution >= 0.6 is 11.8 Å². The van der Waals surface area contributed by atoms with Crippen molar-refractivity contribution in [3.05, 3.63) is 35.6 Å². The minimum atomic E-state index is -0.444. The SMILES string of the molecule is CNC(=O)CN1C(=O)[C@H](C)S[C@@H]1c1ccccc1F. The second-order valence-corrected chi connectivity index (χ2v) is 5.72. The third-order valence-electron chi connectivity index (χ3n) is 3.01. The van der Waals surface area contributed by atoms with Crippen molar-refractivity contribution in [2.75, 3.05) is 13.6 Å². The predicted octanol–water partition coefficient (Wildman–Crippen LogP) is 1.53. The number of likely N-dealkylation sites (N-methyl/N-ethyl adjacent to an activating group) is 1. The summed E-state index contributed by atoms with van der Waals surface area (Å²) in [6.45, 7) is 1.72. The average molecular weight is 282 g/mol. The zero-order valence-electron chi connectivity index (χ0n) is 10.7. The molecule has 4 nitrogen and oxygen atoms in total. The molecule has 0 spiro atoms. The largest absolute Gasteiger partial charge is 0.358 e. The van der Waals surface area contributed by atoms with E-state index in [4.69, 9.17) is 0 Å². The van der Waals surface area contributed by atoms with Gasteiger partial charge in [-0.25, -0.2) is 4.39 Å². The number of rotatable bonds is 3. The fraction of sp³-hybridized carbons (Fsp3) is 0.385. The van der Waals surface area contributed by atoms with E-state index in [9.17, 15) is 14.0 Å². The topological polar surface area (TPSA) is 49.4 Å². The van der Waals surface area contributed by atoms with Gasteiger partial charge in [0.15, 0.2) is 0 Å². The van der Waals surface area contributed by atoms with Crippen molar-refractivity contribution >= 4 is 23.6 Å². The van der Waals surface area contributed by atoms with E-state index in [0.717, 1.165) is 0 Å². The molecule has 19 heavy (non-hydrogen) atoms. The van der Waals surface area contributed by atoms with Gasteiger partial charge in [-0.15, -0.1) is 11.8 Å². The highest BCUT2D eigenvalue weighted by atomic mass is 32.2. The lowest BCUT2D eigenvalue weighted by molar-refractivity contribution is -0.134. The summed E-state index contributed by atoms with van der Waals surface area (Å²) in [5, 5.41) is 1.77. The van der Waals surface area contributed by atoms with Gasteiger partial charge in [-0.05, 0) is 13.0 Å². The van der Waals surface area contributed by atoms with Crippen molar-refractivity contribution in [2.24, 2.45) is 0 Å². The lowest BCUT2D eigenvalue weighted by Gasteiger charge is -2.23. The van der Waals surface area contributed by atoms with Crippen molar-refractivity contribution < 1.29 is 14.0 Å². The molecular formula is C13H15FN2O2S. The fourth-order valence-electron chi connectivity index (χ4n) is 1.99. The highest BCUT2D eigenvalue weighted by molar-refractivity contribution is 8.01. The van der Waals surface area contributed by atoms with Crippen LogP contribution in [0.15, 0.2) is 24.3 Å². The van der Waals surface area contributed by atoms with Gasteiger partial charge in [-0.2, -0.15) is 0 Å². The Morgan fingerprint density at radius 1 is 1.47 bits per heavy atom. The van der Waals surface area contributed by atoms with Gasteiger partial charge < -0.3 is 10.2 Å². The molecule has 0 bridgehead atoms. The molecule has 2 amide bonds. The summed E-state index contributed by atoms with van der Waals surface area (Å²) in [4.78, 5) is 25.0. The molecule has 0 aromatic heterocycles. The summed E-state index contributed by atoms with van der Waals surface area (Å²) in [5.41, 5.74) is 0.439. The van der Waals surface area contributed by atoms with Crippen molar-refractivity contribution in [3.63, 3.8) is 0 Å². The summed E-state index contributed by atoms with van der Waals surface area (Å²) in [7, 11) is 1.51. The summed E-state index contributed by atoms with van der Waals surface area (Å²) in [6, 6.07) is 6.34. The molecule has 1 saturated heterocycles. The lowest BCUT2D eigenvalue weighted by Crippen LogP contribution is -2.39. The van der Waals surface area contributed by atoms with Crippen molar-refractivity contribution in [1.29, 1.82) is 0 Å². The predicted molar refractivity (Wildman–Crippen MR) is 72.0 cm³/mol. The maximum Gasteiger partial charge on any atom is 0.239 e. The van der Waals surface area contributed by atoms with Crippen LogP contribution in [0.1, 0.15) is 17.9 Å². The van der Waals surface area contributed by atoms with Crippen molar-refractivity contribution in [3.8, 4) is 0 Å². The van der Waals surface area contributed by atoms with Crippen LogP contribution in [-0.2, 0) is 9.59 Å². The number of hydrogen-bond acceptors (Lipinski definition) is 3. The van der Waals surface area contributed by atoms with E-state index in [-0.39, 0.29) is 29.4 Å². The minimum Gasteiger partial charge on any atom is -0.358 e. The van der Waals surface area contributed by atoms with Gasteiger partial charge >= 0.3 is 0 Å². The van der Waals surface area contributed by atoms with Crippen molar-refractivity contribution in [1.82, 2.24) is 10.2 Å². The number of carbonyl (C=O) groups excluding carboxylic acids is 2. The second kappa shape index (κ2) is 5.61. The van der Waals surface area contributed by atoms with Crippen LogP contribution in [0.5, 0.6) is 0 Å². The molecule has 0 saturated carbocycles. The Hall–Kier alpha value is -1.56. The molecule has 1 fully saturated rings. The van der Waals surface area contributed by atoms with E-state index in [0.29, 0.717) is 5.56 Å². The number of hydrogen-bond donors (Lipinski definition) is 1. The molecule has 102 valence electrons. The highest BCUT2D eigenvalue weighted by Gasteiger charge is 2.40. The van der Waals surface area contributed by atoms with Crippen LogP contribution in [0.4, 0.5) is 4.39 Å². The van der Waals surface area contributed by atoms with Crippen LogP contribution in [0, 0.1) is 5.82 Å². The Labute approximate surface area is 115 Å². The van der Waals surface area contributed by atoms with Gasteiger partial charge in [-0.1, -0.05) is 18.2 Å². The molecule has 1 aliphatic heterocycles. The Morgan fingerprint density at radius 3 is 2.79 bits per heavy atom. The third-order valence-corrected chi connectivity index (χ3v) is 4.39. The minimum absolute atomic E-state index is 0.0499. The van der Waals surface area contributed by atoms with E-state index in [1.165, 1.54) is 29.8 Å². The van der Waals surface area contributed by atoms with Gasteiger partial charge in [0, 0.05) is 12.6 Å². The fourth-order valence-corrected chi connectivity index (χ4v) is 3.29. The van der Waals surface area contributed by atoms with Gasteiger partial charge in [-0.3, -0.25) is 9.59 Å². The zero-order valence-corrected chi connectivity index (χ0v) is 11.5. The van der Waals surface area contributed by atoms with Crippen LogP contribution in [0.25, 0.3) is 0 Å². The number of nitrogens with one attached hydrogen (secondary N) is 1. The molecule has 2 atom stereocenters. The first-order chi connectivity index (χ1) is 9.04. The lowest BCUT2D eigenvalue weighted by atomic mass is 10.2. The van der Waals surface area contributed by atoms with Crippen molar-refractivity contribution in [2.45, 2.75) is 17.5 Å². The molecule has 1 aliphatic rings. The maximum absolute atomic E-state index is 13.8. The summed E-state index contributed by atoms with van der Waals surface area (Å²) < 4.78 is 13.8. The number of amides is 2.